The number of ketones is 1. The van der Waals surface area contributed by atoms with Gasteiger partial charge in [0.1, 0.15) is 11.5 Å². The molecule has 1 atom stereocenters. The minimum Gasteiger partial charge on any atom is -0.496 e. The molecular formula is C15H21NO3. The zero-order valence-electron chi connectivity index (χ0n) is 11.8. The largest absolute Gasteiger partial charge is 0.496 e. The number of Topliss-reactive ketones (excluding diaryl/α,β-unsaturated/α-hetero) is 1. The fourth-order valence-electron chi connectivity index (χ4n) is 2.53. The summed E-state index contributed by atoms with van der Waals surface area (Å²) in [6.45, 7) is 2.94. The number of rotatable bonds is 5. The van der Waals surface area contributed by atoms with E-state index in [1.54, 1.807) is 20.3 Å². The van der Waals surface area contributed by atoms with E-state index in [0.29, 0.717) is 23.8 Å². The third kappa shape index (κ3) is 3.07. The summed E-state index contributed by atoms with van der Waals surface area (Å²) >= 11 is 0. The van der Waals surface area contributed by atoms with Crippen molar-refractivity contribution in [1.29, 1.82) is 0 Å². The SMILES string of the molecule is COc1cc(C(=O)CC2CCCN2)c(OC)cc1C. The zero-order valence-corrected chi connectivity index (χ0v) is 11.8. The van der Waals surface area contributed by atoms with E-state index in [2.05, 4.69) is 5.32 Å². The fraction of sp³-hybridized carbons (Fsp3) is 0.533. The Morgan fingerprint density at radius 3 is 2.63 bits per heavy atom. The molecule has 4 heteroatoms. The first kappa shape index (κ1) is 13.9. The van der Waals surface area contributed by atoms with Gasteiger partial charge in [-0.1, -0.05) is 0 Å². The maximum absolute atomic E-state index is 12.4. The average molecular weight is 263 g/mol. The molecule has 0 bridgehead atoms. The Kier molecular flexibility index (Phi) is 4.43. The van der Waals surface area contributed by atoms with Crippen molar-refractivity contribution < 1.29 is 14.3 Å². The van der Waals surface area contributed by atoms with Crippen LogP contribution in [0.4, 0.5) is 0 Å². The Morgan fingerprint density at radius 1 is 1.32 bits per heavy atom. The molecule has 4 nitrogen and oxygen atoms in total. The first-order valence-electron chi connectivity index (χ1n) is 6.65. The molecule has 0 aromatic heterocycles. The number of aryl methyl sites for hydroxylation is 1. The van der Waals surface area contributed by atoms with Crippen molar-refractivity contribution >= 4 is 5.78 Å². The van der Waals surface area contributed by atoms with Gasteiger partial charge in [0, 0.05) is 12.5 Å². The molecule has 1 aromatic carbocycles. The predicted molar refractivity (Wildman–Crippen MR) is 74.3 cm³/mol. The molecule has 0 spiro atoms. The Bertz CT molecular complexity index is 465. The highest BCUT2D eigenvalue weighted by Crippen LogP contribution is 2.29. The monoisotopic (exact) mass is 263 g/mol. The molecule has 1 aliphatic rings. The normalized spacial score (nSPS) is 18.4. The second-order valence-electron chi connectivity index (χ2n) is 4.94. The van der Waals surface area contributed by atoms with Gasteiger partial charge >= 0.3 is 0 Å². The van der Waals surface area contributed by atoms with Gasteiger partial charge in [0.15, 0.2) is 5.78 Å². The molecular weight excluding hydrogens is 242 g/mol. The van der Waals surface area contributed by atoms with Gasteiger partial charge in [0.25, 0.3) is 0 Å². The van der Waals surface area contributed by atoms with Crippen LogP contribution in [0.2, 0.25) is 0 Å². The van der Waals surface area contributed by atoms with Crippen molar-refractivity contribution in [3.05, 3.63) is 23.3 Å². The van der Waals surface area contributed by atoms with Crippen LogP contribution in [0.25, 0.3) is 0 Å². The molecule has 0 aliphatic carbocycles. The van der Waals surface area contributed by atoms with Gasteiger partial charge in [-0.3, -0.25) is 4.79 Å². The van der Waals surface area contributed by atoms with E-state index >= 15 is 0 Å². The summed E-state index contributed by atoms with van der Waals surface area (Å²) in [6, 6.07) is 3.93. The van der Waals surface area contributed by atoms with Crippen LogP contribution in [0.3, 0.4) is 0 Å². The highest BCUT2D eigenvalue weighted by molar-refractivity contribution is 5.99. The maximum atomic E-state index is 12.4. The number of ether oxygens (including phenoxy) is 2. The van der Waals surface area contributed by atoms with Gasteiger partial charge in [-0.2, -0.15) is 0 Å². The van der Waals surface area contributed by atoms with Crippen LogP contribution in [0.15, 0.2) is 12.1 Å². The van der Waals surface area contributed by atoms with Crippen LogP contribution in [0.5, 0.6) is 11.5 Å². The summed E-state index contributed by atoms with van der Waals surface area (Å²) in [7, 11) is 3.20. The smallest absolute Gasteiger partial charge is 0.168 e. The molecule has 1 N–H and O–H groups in total. The highest BCUT2D eigenvalue weighted by Gasteiger charge is 2.21. The molecule has 1 aromatic rings. The number of benzene rings is 1. The Balaban J connectivity index is 2.23. The van der Waals surface area contributed by atoms with Crippen molar-refractivity contribution in [3.8, 4) is 11.5 Å². The number of methoxy groups -OCH3 is 2. The molecule has 1 saturated heterocycles. The first-order chi connectivity index (χ1) is 9.15. The quantitative estimate of drug-likeness (QED) is 0.828. The summed E-state index contributed by atoms with van der Waals surface area (Å²) < 4.78 is 10.6. The topological polar surface area (TPSA) is 47.6 Å². The minimum absolute atomic E-state index is 0.106. The zero-order chi connectivity index (χ0) is 13.8. The third-order valence-electron chi connectivity index (χ3n) is 3.61. The summed E-state index contributed by atoms with van der Waals surface area (Å²) in [5.74, 6) is 1.46. The molecule has 1 fully saturated rings. The summed E-state index contributed by atoms with van der Waals surface area (Å²) in [5, 5.41) is 3.34. The van der Waals surface area contributed by atoms with Crippen LogP contribution in [-0.4, -0.2) is 32.6 Å². The van der Waals surface area contributed by atoms with E-state index < -0.39 is 0 Å². The second-order valence-corrected chi connectivity index (χ2v) is 4.94. The predicted octanol–water partition coefficient (Wildman–Crippen LogP) is 2.34. The van der Waals surface area contributed by atoms with E-state index in [1.807, 2.05) is 13.0 Å². The van der Waals surface area contributed by atoms with Crippen molar-refractivity contribution in [2.24, 2.45) is 0 Å². The third-order valence-corrected chi connectivity index (χ3v) is 3.61. The molecule has 1 aliphatic heterocycles. The van der Waals surface area contributed by atoms with Gasteiger partial charge in [0.2, 0.25) is 0 Å². The minimum atomic E-state index is 0.106. The lowest BCUT2D eigenvalue weighted by atomic mass is 10.00. The van der Waals surface area contributed by atoms with Crippen molar-refractivity contribution in [2.75, 3.05) is 20.8 Å². The van der Waals surface area contributed by atoms with Crippen LogP contribution < -0.4 is 14.8 Å². The lowest BCUT2D eigenvalue weighted by Crippen LogP contribution is -2.24. The highest BCUT2D eigenvalue weighted by atomic mass is 16.5. The van der Waals surface area contributed by atoms with Gasteiger partial charge in [0.05, 0.1) is 19.8 Å². The van der Waals surface area contributed by atoms with Gasteiger partial charge in [-0.15, -0.1) is 0 Å². The fourth-order valence-corrected chi connectivity index (χ4v) is 2.53. The lowest BCUT2D eigenvalue weighted by Gasteiger charge is -2.14. The van der Waals surface area contributed by atoms with E-state index in [9.17, 15) is 4.79 Å². The summed E-state index contributed by atoms with van der Waals surface area (Å²) in [4.78, 5) is 12.4. The van der Waals surface area contributed by atoms with Gasteiger partial charge < -0.3 is 14.8 Å². The Labute approximate surface area is 114 Å². The van der Waals surface area contributed by atoms with Crippen LogP contribution in [-0.2, 0) is 0 Å². The molecule has 1 heterocycles. The standard InChI is InChI=1S/C15H21NO3/c1-10-7-15(19-3)12(9-14(10)18-2)13(17)8-11-5-4-6-16-11/h7,9,11,16H,4-6,8H2,1-3H3. The van der Waals surface area contributed by atoms with Gasteiger partial charge in [-0.05, 0) is 44.0 Å². The molecule has 2 rings (SSSR count). The first-order valence-corrected chi connectivity index (χ1v) is 6.65. The number of hydrogen-bond acceptors (Lipinski definition) is 4. The van der Waals surface area contributed by atoms with Crippen LogP contribution in [0, 0.1) is 6.92 Å². The maximum Gasteiger partial charge on any atom is 0.168 e. The van der Waals surface area contributed by atoms with E-state index in [4.69, 9.17) is 9.47 Å². The molecule has 19 heavy (non-hydrogen) atoms. The summed E-state index contributed by atoms with van der Waals surface area (Å²) in [5.41, 5.74) is 1.58. The number of nitrogens with one attached hydrogen (secondary N) is 1. The number of carbonyl (C=O) groups is 1. The Hall–Kier alpha value is -1.55. The van der Waals surface area contributed by atoms with Crippen LogP contribution in [0.1, 0.15) is 35.2 Å². The Morgan fingerprint density at radius 2 is 2.05 bits per heavy atom. The van der Waals surface area contributed by atoms with Gasteiger partial charge in [-0.25, -0.2) is 0 Å². The number of carbonyl (C=O) groups excluding carboxylic acids is 1. The number of hydrogen-bond donors (Lipinski definition) is 1. The van der Waals surface area contributed by atoms with Crippen LogP contribution >= 0.6 is 0 Å². The molecule has 0 radical (unpaired) electrons. The summed E-state index contributed by atoms with van der Waals surface area (Å²) in [6.07, 6.45) is 2.73. The molecule has 0 saturated carbocycles. The molecule has 1 unspecified atom stereocenters. The molecule has 0 amide bonds. The van der Waals surface area contributed by atoms with Crippen molar-refractivity contribution in [1.82, 2.24) is 5.32 Å². The van der Waals surface area contributed by atoms with E-state index in [-0.39, 0.29) is 5.78 Å². The van der Waals surface area contributed by atoms with E-state index in [0.717, 1.165) is 30.7 Å². The van der Waals surface area contributed by atoms with Crippen molar-refractivity contribution in [2.45, 2.75) is 32.2 Å². The van der Waals surface area contributed by atoms with Crippen molar-refractivity contribution in [3.63, 3.8) is 0 Å². The lowest BCUT2D eigenvalue weighted by molar-refractivity contribution is 0.0968. The second kappa shape index (κ2) is 6.06. The van der Waals surface area contributed by atoms with E-state index in [1.165, 1.54) is 0 Å². The molecule has 104 valence electrons. The average Bonchev–Trinajstić information content (AvgIpc) is 2.91.